The van der Waals surface area contributed by atoms with E-state index in [1.807, 2.05) is 64.1 Å². The molecule has 8 rings (SSSR count). The molecule has 0 amide bonds. The van der Waals surface area contributed by atoms with Gasteiger partial charge in [-0.1, -0.05) is 98.7 Å². The summed E-state index contributed by atoms with van der Waals surface area (Å²) in [6.45, 7) is 12.5. The summed E-state index contributed by atoms with van der Waals surface area (Å²) in [6.07, 6.45) is 6.45. The molecule has 8 nitrogen and oxygen atoms in total. The van der Waals surface area contributed by atoms with E-state index in [9.17, 15) is 0 Å². The van der Waals surface area contributed by atoms with Gasteiger partial charge in [-0.3, -0.25) is 0 Å². The van der Waals surface area contributed by atoms with E-state index >= 15 is 0 Å². The fourth-order valence-corrected chi connectivity index (χ4v) is 8.29. The van der Waals surface area contributed by atoms with Crippen molar-refractivity contribution in [2.75, 3.05) is 33.2 Å². The lowest BCUT2D eigenvalue weighted by Crippen LogP contribution is -2.29. The summed E-state index contributed by atoms with van der Waals surface area (Å²) in [4.78, 5) is 23.3. The topological polar surface area (TPSA) is 84.2 Å². The SMILES string of the molecule is CC.CC.CN1CCC(c2nc(C3=NOC(c4ccccc4)C3)cs2)CC1.c1ccc(C2CC(c3csc(C4CCNCC4)n3)=NO2)cc1. The maximum absolute atomic E-state index is 5.62. The van der Waals surface area contributed by atoms with Crippen LogP contribution >= 0.6 is 22.7 Å². The van der Waals surface area contributed by atoms with Crippen LogP contribution in [-0.4, -0.2) is 59.5 Å². The van der Waals surface area contributed by atoms with E-state index in [4.69, 9.17) is 19.6 Å². The summed E-state index contributed by atoms with van der Waals surface area (Å²) in [6, 6.07) is 20.6. The molecule has 6 heterocycles. The van der Waals surface area contributed by atoms with Gasteiger partial charge in [0.2, 0.25) is 0 Å². The second-order valence-corrected chi connectivity index (χ2v) is 14.0. The summed E-state index contributed by atoms with van der Waals surface area (Å²) < 4.78 is 0. The van der Waals surface area contributed by atoms with Crippen molar-refractivity contribution in [3.05, 3.63) is 104 Å². The zero-order chi connectivity index (χ0) is 34.4. The predicted octanol–water partition coefficient (Wildman–Crippen LogP) is 9.35. The number of nitrogens with one attached hydrogen (secondary N) is 1. The number of nitrogens with zero attached hydrogens (tertiary/aromatic N) is 5. The summed E-state index contributed by atoms with van der Waals surface area (Å²) >= 11 is 3.54. The van der Waals surface area contributed by atoms with Crippen LogP contribution in [0.5, 0.6) is 0 Å². The van der Waals surface area contributed by atoms with Crippen molar-refractivity contribution in [3.63, 3.8) is 0 Å². The molecule has 0 radical (unpaired) electrons. The van der Waals surface area contributed by atoms with Gasteiger partial charge in [-0.2, -0.15) is 0 Å². The predicted molar refractivity (Wildman–Crippen MR) is 204 cm³/mol. The number of piperidine rings is 2. The fourth-order valence-electron chi connectivity index (χ4n) is 6.29. The first-order chi connectivity index (χ1) is 24.2. The normalized spacial score (nSPS) is 21.0. The summed E-state index contributed by atoms with van der Waals surface area (Å²) in [5.41, 5.74) is 6.31. The second-order valence-electron chi connectivity index (χ2n) is 12.2. The van der Waals surface area contributed by atoms with E-state index in [0.29, 0.717) is 11.8 Å². The minimum atomic E-state index is 0.0275. The van der Waals surface area contributed by atoms with Gasteiger partial charge < -0.3 is 19.9 Å². The summed E-state index contributed by atoms with van der Waals surface area (Å²) in [5, 5.41) is 18.8. The largest absolute Gasteiger partial charge is 0.387 e. The molecule has 2 saturated heterocycles. The molecule has 1 N–H and O–H groups in total. The number of benzene rings is 2. The van der Waals surface area contributed by atoms with E-state index in [1.165, 1.54) is 59.9 Å². The van der Waals surface area contributed by atoms with Crippen molar-refractivity contribution >= 4 is 34.1 Å². The molecule has 2 unspecified atom stereocenters. The molecule has 2 aromatic carbocycles. The highest BCUT2D eigenvalue weighted by Gasteiger charge is 2.28. The van der Waals surface area contributed by atoms with Crippen LogP contribution in [0.3, 0.4) is 0 Å². The second kappa shape index (κ2) is 19.1. The van der Waals surface area contributed by atoms with Crippen molar-refractivity contribution in [1.29, 1.82) is 0 Å². The number of aromatic nitrogens is 2. The number of hydrogen-bond acceptors (Lipinski definition) is 10. The zero-order valence-electron chi connectivity index (χ0n) is 29.7. The monoisotopic (exact) mass is 700 g/mol. The van der Waals surface area contributed by atoms with Gasteiger partial charge in [0, 0.05) is 35.4 Å². The quantitative estimate of drug-likeness (QED) is 0.216. The standard InChI is InChI=1S/C18H21N3OS.C17H19N3OS.2C2H6/c1-21-9-7-14(8-10-21)18-19-16(12-23-18)15-11-17(22-20-15)13-5-3-2-4-6-13;1-2-4-12(5-3-1)16-10-14(20-21-16)15-11-22-17(19-15)13-6-8-18-9-7-13;2*1-2/h2-6,12,14,17H,7-11H2,1H3;1-5,11,13,16,18H,6-10H2;2*1-2H3. The molecular weight excluding hydrogens is 649 g/mol. The Hall–Kier alpha value is -3.44. The molecule has 0 saturated carbocycles. The Morgan fingerprint density at radius 1 is 0.633 bits per heavy atom. The lowest BCUT2D eigenvalue weighted by atomic mass is 9.98. The molecule has 4 aliphatic rings. The molecule has 262 valence electrons. The number of thiazole rings is 2. The third-order valence-corrected chi connectivity index (χ3v) is 11.1. The number of rotatable bonds is 6. The molecule has 49 heavy (non-hydrogen) atoms. The minimum Gasteiger partial charge on any atom is -0.387 e. The van der Waals surface area contributed by atoms with Gasteiger partial charge >= 0.3 is 0 Å². The van der Waals surface area contributed by atoms with Crippen LogP contribution in [0.2, 0.25) is 0 Å². The van der Waals surface area contributed by atoms with Gasteiger partial charge in [-0.05, 0) is 70.0 Å². The molecule has 2 atom stereocenters. The Labute approximate surface area is 300 Å². The molecule has 2 aromatic heterocycles. The third-order valence-electron chi connectivity index (χ3n) is 9.07. The highest BCUT2D eigenvalue weighted by Crippen LogP contribution is 2.34. The Kier molecular flexibility index (Phi) is 14.3. The van der Waals surface area contributed by atoms with E-state index in [2.05, 4.69) is 62.6 Å². The third kappa shape index (κ3) is 9.84. The molecule has 0 bridgehead atoms. The van der Waals surface area contributed by atoms with Crippen LogP contribution in [0, 0.1) is 0 Å². The van der Waals surface area contributed by atoms with E-state index in [0.717, 1.165) is 48.7 Å². The van der Waals surface area contributed by atoms with Crippen molar-refractivity contribution < 1.29 is 9.68 Å². The Morgan fingerprint density at radius 3 is 1.51 bits per heavy atom. The van der Waals surface area contributed by atoms with Crippen LogP contribution in [0.15, 0.2) is 81.7 Å². The maximum Gasteiger partial charge on any atom is 0.158 e. The van der Waals surface area contributed by atoms with Gasteiger partial charge in [0.15, 0.2) is 12.2 Å². The average Bonchev–Trinajstić information content (AvgIpc) is 4.02. The van der Waals surface area contributed by atoms with Crippen LogP contribution < -0.4 is 5.32 Å². The molecule has 2 fully saturated rings. The summed E-state index contributed by atoms with van der Waals surface area (Å²) in [5.74, 6) is 1.21. The molecule has 10 heteroatoms. The molecule has 0 aliphatic carbocycles. The van der Waals surface area contributed by atoms with Crippen LogP contribution in [-0.2, 0) is 9.68 Å². The highest BCUT2D eigenvalue weighted by molar-refractivity contribution is 7.10. The van der Waals surface area contributed by atoms with Crippen LogP contribution in [0.1, 0.15) is 123 Å². The Morgan fingerprint density at radius 2 is 1.06 bits per heavy atom. The average molecular weight is 701 g/mol. The Bertz CT molecular complexity index is 1590. The van der Waals surface area contributed by atoms with Gasteiger partial charge in [0.05, 0.1) is 21.4 Å². The van der Waals surface area contributed by atoms with E-state index in [1.54, 1.807) is 22.7 Å². The number of oxime groups is 2. The first-order valence-electron chi connectivity index (χ1n) is 18.1. The lowest BCUT2D eigenvalue weighted by Gasteiger charge is -2.27. The first kappa shape index (κ1) is 36.8. The van der Waals surface area contributed by atoms with Crippen LogP contribution in [0.25, 0.3) is 0 Å². The van der Waals surface area contributed by atoms with E-state index in [-0.39, 0.29) is 12.2 Å². The fraction of sp³-hybridized carbons (Fsp3) is 0.487. The van der Waals surface area contributed by atoms with Crippen molar-refractivity contribution in [2.45, 2.75) is 90.3 Å². The van der Waals surface area contributed by atoms with Gasteiger partial charge in [0.25, 0.3) is 0 Å². The van der Waals surface area contributed by atoms with Gasteiger partial charge in [-0.15, -0.1) is 22.7 Å². The smallest absolute Gasteiger partial charge is 0.158 e. The summed E-state index contributed by atoms with van der Waals surface area (Å²) in [7, 11) is 2.19. The number of likely N-dealkylation sites (tertiary alicyclic amines) is 1. The Balaban J connectivity index is 0.000000174. The van der Waals surface area contributed by atoms with Gasteiger partial charge in [-0.25, -0.2) is 9.97 Å². The zero-order valence-corrected chi connectivity index (χ0v) is 31.3. The van der Waals surface area contributed by atoms with Crippen molar-refractivity contribution in [1.82, 2.24) is 20.2 Å². The van der Waals surface area contributed by atoms with E-state index < -0.39 is 0 Å². The van der Waals surface area contributed by atoms with Crippen molar-refractivity contribution in [2.24, 2.45) is 10.3 Å². The molecular formula is C39H52N6O2S2. The van der Waals surface area contributed by atoms with Crippen LogP contribution in [0.4, 0.5) is 0 Å². The highest BCUT2D eigenvalue weighted by atomic mass is 32.1. The molecule has 4 aliphatic heterocycles. The minimum absolute atomic E-state index is 0.0275. The lowest BCUT2D eigenvalue weighted by molar-refractivity contribution is 0.0856. The number of hydrogen-bond donors (Lipinski definition) is 1. The molecule has 4 aromatic rings. The first-order valence-corrected chi connectivity index (χ1v) is 19.8. The maximum atomic E-state index is 5.62. The van der Waals surface area contributed by atoms with Gasteiger partial charge in [0.1, 0.15) is 11.4 Å². The van der Waals surface area contributed by atoms with Crippen molar-refractivity contribution in [3.8, 4) is 0 Å². The molecule has 0 spiro atoms.